The number of carbonyl (C=O) groups excluding carboxylic acids is 1. The molecule has 2 aromatic carbocycles. The van der Waals surface area contributed by atoms with Crippen molar-refractivity contribution in [2.45, 2.75) is 19.9 Å². The van der Waals surface area contributed by atoms with Crippen LogP contribution >= 0.6 is 22.9 Å². The second kappa shape index (κ2) is 7.76. The van der Waals surface area contributed by atoms with Gasteiger partial charge in [-0.2, -0.15) is 0 Å². The highest BCUT2D eigenvalue weighted by Crippen LogP contribution is 2.24. The van der Waals surface area contributed by atoms with Crippen LogP contribution in [0, 0.1) is 12.7 Å². The van der Waals surface area contributed by atoms with Crippen molar-refractivity contribution < 1.29 is 9.18 Å². The molecule has 128 valence electrons. The summed E-state index contributed by atoms with van der Waals surface area (Å²) in [4.78, 5) is 16.6. The van der Waals surface area contributed by atoms with Gasteiger partial charge in [-0.25, -0.2) is 9.37 Å². The summed E-state index contributed by atoms with van der Waals surface area (Å²) in [7, 11) is 0. The van der Waals surface area contributed by atoms with E-state index in [1.54, 1.807) is 6.07 Å². The van der Waals surface area contributed by atoms with E-state index in [2.05, 4.69) is 16.4 Å². The number of nitrogens with one attached hydrogen (secondary N) is 1. The summed E-state index contributed by atoms with van der Waals surface area (Å²) in [5.74, 6) is -0.768. The van der Waals surface area contributed by atoms with Crippen LogP contribution in [0.2, 0.25) is 5.02 Å². The zero-order chi connectivity index (χ0) is 17.8. The number of carbonyl (C=O) groups is 1. The Morgan fingerprint density at radius 2 is 2.08 bits per heavy atom. The smallest absolute Gasteiger partial charge is 0.224 e. The number of hydrogen-bond acceptors (Lipinski definition) is 3. The number of halogens is 2. The third kappa shape index (κ3) is 4.44. The summed E-state index contributed by atoms with van der Waals surface area (Å²) in [5, 5.41) is 5.83. The third-order valence-corrected chi connectivity index (χ3v) is 4.98. The molecule has 0 unspecified atom stereocenters. The molecule has 0 fully saturated rings. The standard InChI is InChI=1S/C19H16ClFN2OS/c1-12-4-2-5-13(8-12)19-23-14(11-25-19)10-22-18(24)9-15-16(20)6-3-7-17(15)21/h2-8,11H,9-10H2,1H3,(H,22,24). The van der Waals surface area contributed by atoms with Gasteiger partial charge >= 0.3 is 0 Å². The summed E-state index contributed by atoms with van der Waals surface area (Å²) < 4.78 is 13.7. The van der Waals surface area contributed by atoms with Gasteiger partial charge in [-0.15, -0.1) is 11.3 Å². The summed E-state index contributed by atoms with van der Waals surface area (Å²) in [5.41, 5.74) is 3.21. The van der Waals surface area contributed by atoms with Crippen molar-refractivity contribution in [3.63, 3.8) is 0 Å². The molecule has 0 bridgehead atoms. The Morgan fingerprint density at radius 1 is 1.28 bits per heavy atom. The van der Waals surface area contributed by atoms with Crippen LogP contribution in [0.5, 0.6) is 0 Å². The Kier molecular flexibility index (Phi) is 5.46. The van der Waals surface area contributed by atoms with E-state index in [1.807, 2.05) is 30.5 Å². The van der Waals surface area contributed by atoms with Crippen molar-refractivity contribution in [2.75, 3.05) is 0 Å². The molecule has 3 rings (SSSR count). The Bertz CT molecular complexity index is 890. The van der Waals surface area contributed by atoms with E-state index in [-0.39, 0.29) is 22.9 Å². The maximum atomic E-state index is 13.7. The Hall–Kier alpha value is -2.24. The normalized spacial score (nSPS) is 10.7. The second-order valence-electron chi connectivity index (χ2n) is 5.67. The molecule has 1 N–H and O–H groups in total. The topological polar surface area (TPSA) is 42.0 Å². The van der Waals surface area contributed by atoms with Crippen molar-refractivity contribution in [3.8, 4) is 10.6 Å². The third-order valence-electron chi connectivity index (χ3n) is 3.68. The molecular formula is C19H16ClFN2OS. The van der Waals surface area contributed by atoms with Crippen LogP contribution < -0.4 is 5.32 Å². The molecule has 0 aliphatic heterocycles. The first-order valence-electron chi connectivity index (χ1n) is 7.74. The quantitative estimate of drug-likeness (QED) is 0.699. The Balaban J connectivity index is 1.61. The summed E-state index contributed by atoms with van der Waals surface area (Å²) in [6.07, 6.45) is -0.0968. The molecule has 0 aliphatic rings. The number of thiazole rings is 1. The largest absolute Gasteiger partial charge is 0.350 e. The van der Waals surface area contributed by atoms with E-state index in [0.717, 1.165) is 16.3 Å². The van der Waals surface area contributed by atoms with Crippen LogP contribution in [0.4, 0.5) is 4.39 Å². The monoisotopic (exact) mass is 374 g/mol. The van der Waals surface area contributed by atoms with Crippen LogP contribution in [0.25, 0.3) is 10.6 Å². The van der Waals surface area contributed by atoms with E-state index in [9.17, 15) is 9.18 Å². The zero-order valence-corrected chi connectivity index (χ0v) is 15.1. The number of aryl methyl sites for hydroxylation is 1. The predicted octanol–water partition coefficient (Wildman–Crippen LogP) is 4.77. The lowest BCUT2D eigenvalue weighted by Gasteiger charge is -2.06. The number of amides is 1. The van der Waals surface area contributed by atoms with Gasteiger partial charge in [0.15, 0.2) is 0 Å². The highest BCUT2D eigenvalue weighted by molar-refractivity contribution is 7.13. The lowest BCUT2D eigenvalue weighted by Crippen LogP contribution is -2.25. The minimum atomic E-state index is -0.474. The Labute approximate surface area is 154 Å². The van der Waals surface area contributed by atoms with Gasteiger partial charge in [-0.1, -0.05) is 41.4 Å². The number of nitrogens with zero attached hydrogens (tertiary/aromatic N) is 1. The van der Waals surface area contributed by atoms with Crippen molar-refractivity contribution in [2.24, 2.45) is 0 Å². The molecule has 1 heterocycles. The number of hydrogen-bond donors (Lipinski definition) is 1. The Morgan fingerprint density at radius 3 is 2.84 bits per heavy atom. The lowest BCUT2D eigenvalue weighted by molar-refractivity contribution is -0.120. The predicted molar refractivity (Wildman–Crippen MR) is 99.2 cm³/mol. The second-order valence-corrected chi connectivity index (χ2v) is 6.93. The van der Waals surface area contributed by atoms with Gasteiger partial charge in [0.25, 0.3) is 0 Å². The molecule has 1 amide bonds. The molecule has 3 aromatic rings. The van der Waals surface area contributed by atoms with Crippen molar-refractivity contribution >= 4 is 28.8 Å². The average Bonchev–Trinajstić information content (AvgIpc) is 3.06. The maximum absolute atomic E-state index is 13.7. The minimum absolute atomic E-state index is 0.0968. The molecule has 1 aromatic heterocycles. The van der Waals surface area contributed by atoms with Crippen LogP contribution in [-0.2, 0) is 17.8 Å². The fourth-order valence-electron chi connectivity index (χ4n) is 2.41. The van der Waals surface area contributed by atoms with E-state index >= 15 is 0 Å². The number of aromatic nitrogens is 1. The van der Waals surface area contributed by atoms with Gasteiger partial charge in [-0.3, -0.25) is 4.79 Å². The van der Waals surface area contributed by atoms with Gasteiger partial charge in [-0.05, 0) is 25.1 Å². The highest BCUT2D eigenvalue weighted by atomic mass is 35.5. The molecule has 0 atom stereocenters. The summed E-state index contributed by atoms with van der Waals surface area (Å²) in [6.45, 7) is 2.33. The van der Waals surface area contributed by atoms with Crippen LogP contribution in [0.1, 0.15) is 16.8 Å². The van der Waals surface area contributed by atoms with Gasteiger partial charge in [0, 0.05) is 21.5 Å². The number of rotatable bonds is 5. The van der Waals surface area contributed by atoms with E-state index in [1.165, 1.54) is 29.0 Å². The molecule has 0 aliphatic carbocycles. The maximum Gasteiger partial charge on any atom is 0.224 e. The SMILES string of the molecule is Cc1cccc(-c2nc(CNC(=O)Cc3c(F)cccc3Cl)cs2)c1. The fraction of sp³-hybridized carbons (Fsp3) is 0.158. The van der Waals surface area contributed by atoms with Gasteiger partial charge < -0.3 is 5.32 Å². The average molecular weight is 375 g/mol. The molecule has 25 heavy (non-hydrogen) atoms. The van der Waals surface area contributed by atoms with Crippen LogP contribution in [0.3, 0.4) is 0 Å². The lowest BCUT2D eigenvalue weighted by atomic mass is 10.1. The zero-order valence-electron chi connectivity index (χ0n) is 13.6. The van der Waals surface area contributed by atoms with E-state index in [0.29, 0.717) is 6.54 Å². The summed E-state index contributed by atoms with van der Waals surface area (Å²) in [6, 6.07) is 12.5. The minimum Gasteiger partial charge on any atom is -0.350 e. The fourth-order valence-corrected chi connectivity index (χ4v) is 3.46. The van der Waals surface area contributed by atoms with Crippen molar-refractivity contribution in [3.05, 3.63) is 75.5 Å². The molecule has 0 spiro atoms. The summed E-state index contributed by atoms with van der Waals surface area (Å²) >= 11 is 7.47. The van der Waals surface area contributed by atoms with Crippen LogP contribution in [0.15, 0.2) is 47.8 Å². The van der Waals surface area contributed by atoms with Gasteiger partial charge in [0.05, 0.1) is 18.7 Å². The highest BCUT2D eigenvalue weighted by Gasteiger charge is 2.12. The molecule has 0 saturated heterocycles. The van der Waals surface area contributed by atoms with Gasteiger partial charge in [0.2, 0.25) is 5.91 Å². The van der Waals surface area contributed by atoms with E-state index < -0.39 is 5.82 Å². The van der Waals surface area contributed by atoms with Gasteiger partial charge in [0.1, 0.15) is 10.8 Å². The first-order chi connectivity index (χ1) is 12.0. The van der Waals surface area contributed by atoms with Crippen LogP contribution in [-0.4, -0.2) is 10.9 Å². The van der Waals surface area contributed by atoms with Crippen molar-refractivity contribution in [1.82, 2.24) is 10.3 Å². The first-order valence-corrected chi connectivity index (χ1v) is 9.00. The molecule has 3 nitrogen and oxygen atoms in total. The molecular weight excluding hydrogens is 359 g/mol. The molecule has 0 radical (unpaired) electrons. The first kappa shape index (κ1) is 17.6. The van der Waals surface area contributed by atoms with Crippen molar-refractivity contribution in [1.29, 1.82) is 0 Å². The molecule has 0 saturated carbocycles. The molecule has 6 heteroatoms. The van der Waals surface area contributed by atoms with E-state index in [4.69, 9.17) is 11.6 Å². The number of benzene rings is 2.